The van der Waals surface area contributed by atoms with E-state index in [2.05, 4.69) is 48.1 Å². The van der Waals surface area contributed by atoms with Crippen molar-refractivity contribution in [3.05, 3.63) is 47.8 Å². The predicted molar refractivity (Wildman–Crippen MR) is 96.2 cm³/mol. The zero-order chi connectivity index (χ0) is 17.1. The Morgan fingerprint density at radius 1 is 1.25 bits per heavy atom. The molecule has 128 valence electrons. The van der Waals surface area contributed by atoms with Gasteiger partial charge in [0.1, 0.15) is 0 Å². The maximum Gasteiger partial charge on any atom is 0.223 e. The van der Waals surface area contributed by atoms with Crippen LogP contribution in [0.5, 0.6) is 0 Å². The van der Waals surface area contributed by atoms with Crippen LogP contribution in [0.2, 0.25) is 0 Å². The number of benzene rings is 1. The fraction of sp³-hybridized carbons (Fsp3) is 0.474. The molecule has 0 N–H and O–H groups in total. The zero-order valence-electron chi connectivity index (χ0n) is 14.8. The van der Waals surface area contributed by atoms with Gasteiger partial charge in [-0.25, -0.2) is 0 Å². The van der Waals surface area contributed by atoms with E-state index in [1.807, 2.05) is 24.3 Å². The van der Waals surface area contributed by atoms with Gasteiger partial charge in [-0.3, -0.25) is 9.48 Å². The van der Waals surface area contributed by atoms with E-state index in [1.165, 1.54) is 11.3 Å². The Bertz CT molecular complexity index is 701. The molecule has 0 bridgehead atoms. The summed E-state index contributed by atoms with van der Waals surface area (Å²) in [7, 11) is 1.91. The average Bonchev–Trinajstić information content (AvgIpc) is 3.01. The van der Waals surface area contributed by atoms with Gasteiger partial charge in [-0.1, -0.05) is 19.1 Å². The topological polar surface area (TPSA) is 41.4 Å². The largest absolute Gasteiger partial charge is 0.368 e. The highest BCUT2D eigenvalue weighted by molar-refractivity contribution is 5.77. The maximum absolute atomic E-state index is 12.6. The molecule has 0 aliphatic carbocycles. The number of nitrogens with zero attached hydrogens (tertiary/aromatic N) is 4. The van der Waals surface area contributed by atoms with Crippen molar-refractivity contribution < 1.29 is 4.79 Å². The van der Waals surface area contributed by atoms with Crippen LogP contribution in [-0.4, -0.2) is 46.8 Å². The number of piperazine rings is 1. The van der Waals surface area contributed by atoms with Crippen molar-refractivity contribution in [2.24, 2.45) is 7.05 Å². The van der Waals surface area contributed by atoms with E-state index >= 15 is 0 Å². The van der Waals surface area contributed by atoms with Gasteiger partial charge in [0, 0.05) is 51.5 Å². The first-order valence-electron chi connectivity index (χ1n) is 8.61. The maximum atomic E-state index is 12.6. The van der Waals surface area contributed by atoms with Crippen LogP contribution in [0.15, 0.2) is 36.7 Å². The molecule has 1 fully saturated rings. The van der Waals surface area contributed by atoms with Crippen molar-refractivity contribution in [3.8, 4) is 0 Å². The lowest BCUT2D eigenvalue weighted by Crippen LogP contribution is -2.49. The van der Waals surface area contributed by atoms with Gasteiger partial charge in [0.25, 0.3) is 0 Å². The van der Waals surface area contributed by atoms with Crippen LogP contribution in [-0.2, 0) is 11.8 Å². The number of hydrogen-bond donors (Lipinski definition) is 0. The van der Waals surface area contributed by atoms with Gasteiger partial charge < -0.3 is 9.80 Å². The third-order valence-electron chi connectivity index (χ3n) is 4.77. The number of carbonyl (C=O) groups excluding carboxylic acids is 1. The number of carbonyl (C=O) groups is 1. The van der Waals surface area contributed by atoms with E-state index in [4.69, 9.17) is 0 Å². The first kappa shape index (κ1) is 16.6. The van der Waals surface area contributed by atoms with Crippen molar-refractivity contribution in [2.45, 2.75) is 26.2 Å². The van der Waals surface area contributed by atoms with Crippen LogP contribution in [0.3, 0.4) is 0 Å². The molecule has 1 aliphatic heterocycles. The molecule has 0 spiro atoms. The minimum absolute atomic E-state index is 0.209. The van der Waals surface area contributed by atoms with Crippen LogP contribution in [0.1, 0.15) is 30.4 Å². The van der Waals surface area contributed by atoms with Gasteiger partial charge in [-0.15, -0.1) is 0 Å². The van der Waals surface area contributed by atoms with Crippen molar-refractivity contribution in [3.63, 3.8) is 0 Å². The fourth-order valence-corrected chi connectivity index (χ4v) is 3.24. The summed E-state index contributed by atoms with van der Waals surface area (Å²) < 4.78 is 1.79. The quantitative estimate of drug-likeness (QED) is 0.867. The number of hydrogen-bond acceptors (Lipinski definition) is 3. The van der Waals surface area contributed by atoms with Crippen molar-refractivity contribution >= 4 is 11.6 Å². The predicted octanol–water partition coefficient (Wildman–Crippen LogP) is 2.57. The van der Waals surface area contributed by atoms with Crippen LogP contribution >= 0.6 is 0 Å². The molecule has 2 aromatic rings. The van der Waals surface area contributed by atoms with Gasteiger partial charge >= 0.3 is 0 Å². The molecule has 1 unspecified atom stereocenters. The summed E-state index contributed by atoms with van der Waals surface area (Å²) >= 11 is 0. The molecule has 1 saturated heterocycles. The van der Waals surface area contributed by atoms with Crippen LogP contribution in [0, 0.1) is 6.92 Å². The molecule has 2 heterocycles. The molecule has 0 saturated carbocycles. The molecule has 1 atom stereocenters. The van der Waals surface area contributed by atoms with Gasteiger partial charge in [0.15, 0.2) is 0 Å². The summed E-state index contributed by atoms with van der Waals surface area (Å²) in [5.41, 5.74) is 3.66. The van der Waals surface area contributed by atoms with Crippen LogP contribution in [0.25, 0.3) is 0 Å². The van der Waals surface area contributed by atoms with Gasteiger partial charge in [-0.2, -0.15) is 5.10 Å². The molecule has 0 radical (unpaired) electrons. The molecule has 1 aromatic carbocycles. The van der Waals surface area contributed by atoms with Crippen molar-refractivity contribution in [1.29, 1.82) is 0 Å². The van der Waals surface area contributed by atoms with Gasteiger partial charge in [0.2, 0.25) is 5.91 Å². The number of aromatic nitrogens is 2. The SMILES string of the molecule is Cc1cccc(N2CCN(C(=O)CC(C)c3cnn(C)c3)CC2)c1. The van der Waals surface area contributed by atoms with Gasteiger partial charge in [-0.05, 0) is 36.1 Å². The van der Waals surface area contributed by atoms with E-state index in [0.29, 0.717) is 6.42 Å². The highest BCUT2D eigenvalue weighted by Crippen LogP contribution is 2.21. The molecule has 24 heavy (non-hydrogen) atoms. The summed E-state index contributed by atoms with van der Waals surface area (Å²) in [5, 5.41) is 4.19. The molecule has 3 rings (SSSR count). The second-order valence-corrected chi connectivity index (χ2v) is 6.76. The standard InChI is InChI=1S/C19H26N4O/c1-15-5-4-6-18(11-15)22-7-9-23(10-8-22)19(24)12-16(2)17-13-20-21(3)14-17/h4-6,11,13-14,16H,7-10,12H2,1-3H3. The monoisotopic (exact) mass is 326 g/mol. The summed E-state index contributed by atoms with van der Waals surface area (Å²) in [6.07, 6.45) is 4.40. The Labute approximate surface area is 143 Å². The molecule has 1 amide bonds. The summed E-state index contributed by atoms with van der Waals surface area (Å²) in [5.74, 6) is 0.455. The van der Waals surface area contributed by atoms with Crippen LogP contribution in [0.4, 0.5) is 5.69 Å². The fourth-order valence-electron chi connectivity index (χ4n) is 3.24. The molecular weight excluding hydrogens is 300 g/mol. The Morgan fingerprint density at radius 3 is 2.62 bits per heavy atom. The van der Waals surface area contributed by atoms with E-state index in [-0.39, 0.29) is 11.8 Å². The number of rotatable bonds is 4. The van der Waals surface area contributed by atoms with E-state index < -0.39 is 0 Å². The number of aryl methyl sites for hydroxylation is 2. The van der Waals surface area contributed by atoms with Gasteiger partial charge in [0.05, 0.1) is 6.20 Å². The zero-order valence-corrected chi connectivity index (χ0v) is 14.8. The Hall–Kier alpha value is -2.30. The minimum atomic E-state index is 0.209. The average molecular weight is 326 g/mol. The van der Waals surface area contributed by atoms with E-state index in [1.54, 1.807) is 4.68 Å². The molecule has 1 aromatic heterocycles. The van der Waals surface area contributed by atoms with Crippen LogP contribution < -0.4 is 4.90 Å². The highest BCUT2D eigenvalue weighted by Gasteiger charge is 2.23. The van der Waals surface area contributed by atoms with E-state index in [9.17, 15) is 4.79 Å². The lowest BCUT2D eigenvalue weighted by atomic mass is 10.0. The molecule has 1 aliphatic rings. The van der Waals surface area contributed by atoms with Crippen molar-refractivity contribution in [2.75, 3.05) is 31.1 Å². The van der Waals surface area contributed by atoms with E-state index in [0.717, 1.165) is 31.7 Å². The number of amides is 1. The molecule has 5 nitrogen and oxygen atoms in total. The number of anilines is 1. The smallest absolute Gasteiger partial charge is 0.223 e. The second-order valence-electron chi connectivity index (χ2n) is 6.76. The molecule has 5 heteroatoms. The summed E-state index contributed by atoms with van der Waals surface area (Å²) in [4.78, 5) is 16.9. The second kappa shape index (κ2) is 7.07. The Balaban J connectivity index is 1.53. The first-order chi connectivity index (χ1) is 11.5. The van der Waals surface area contributed by atoms with Crippen molar-refractivity contribution in [1.82, 2.24) is 14.7 Å². The molecular formula is C19H26N4O. The summed E-state index contributed by atoms with van der Waals surface area (Å²) in [6, 6.07) is 8.57. The minimum Gasteiger partial charge on any atom is -0.368 e. The third-order valence-corrected chi connectivity index (χ3v) is 4.77. The lowest BCUT2D eigenvalue weighted by molar-refractivity contribution is -0.131. The third kappa shape index (κ3) is 3.78. The lowest BCUT2D eigenvalue weighted by Gasteiger charge is -2.36. The highest BCUT2D eigenvalue weighted by atomic mass is 16.2. The Morgan fingerprint density at radius 2 is 2.00 bits per heavy atom. The normalized spacial score (nSPS) is 16.3. The Kier molecular flexibility index (Phi) is 4.88. The summed E-state index contributed by atoms with van der Waals surface area (Å²) in [6.45, 7) is 7.60. The first-order valence-corrected chi connectivity index (χ1v) is 8.61.